The van der Waals surface area contributed by atoms with E-state index in [4.69, 9.17) is 37.7 Å². The Morgan fingerprint density at radius 2 is 1.80 bits per heavy atom. The molecule has 6 rings (SSSR count). The number of carbonyl (C=O) groups is 2. The summed E-state index contributed by atoms with van der Waals surface area (Å²) in [6.45, 7) is 7.32. The van der Waals surface area contributed by atoms with Crippen LogP contribution in [0.2, 0.25) is 10.0 Å². The Balaban J connectivity index is 1.29. The summed E-state index contributed by atoms with van der Waals surface area (Å²) in [6, 6.07) is 17.3. The fourth-order valence-electron chi connectivity index (χ4n) is 6.80. The lowest BCUT2D eigenvalue weighted by molar-refractivity contribution is -0.119. The first-order chi connectivity index (χ1) is 25.8. The van der Waals surface area contributed by atoms with Gasteiger partial charge < -0.3 is 29.4 Å². The third kappa shape index (κ3) is 8.65. The Morgan fingerprint density at radius 1 is 1.04 bits per heavy atom. The van der Waals surface area contributed by atoms with Gasteiger partial charge in [-0.05, 0) is 64.1 Å². The third-order valence-corrected chi connectivity index (χ3v) is 10.2. The first kappa shape index (κ1) is 39.0. The number of aliphatic hydroxyl groups excluding tert-OH is 1. The Kier molecular flexibility index (Phi) is 11.8. The van der Waals surface area contributed by atoms with E-state index in [0.29, 0.717) is 57.8 Å². The number of methoxy groups -OCH3 is 1. The van der Waals surface area contributed by atoms with Gasteiger partial charge in [0.25, 0.3) is 0 Å². The van der Waals surface area contributed by atoms with Gasteiger partial charge in [0, 0.05) is 90.3 Å². The van der Waals surface area contributed by atoms with Gasteiger partial charge in [0.15, 0.2) is 0 Å². The molecule has 13 heteroatoms. The molecule has 1 atom stereocenters. The lowest BCUT2D eigenvalue weighted by atomic mass is 9.99. The van der Waals surface area contributed by atoms with Crippen molar-refractivity contribution in [2.45, 2.75) is 58.3 Å². The van der Waals surface area contributed by atoms with Crippen LogP contribution in [0.4, 0.5) is 4.79 Å². The summed E-state index contributed by atoms with van der Waals surface area (Å²) in [4.78, 5) is 38.4. The summed E-state index contributed by atoms with van der Waals surface area (Å²) < 4.78 is 13.5. The van der Waals surface area contributed by atoms with Crippen molar-refractivity contribution >= 4 is 46.1 Å². The Morgan fingerprint density at radius 3 is 2.50 bits per heavy atom. The summed E-state index contributed by atoms with van der Waals surface area (Å²) in [5.41, 5.74) is 6.39. The average Bonchev–Trinajstić information content (AvgIpc) is 3.68. The highest BCUT2D eigenvalue weighted by Gasteiger charge is 2.29. The molecule has 0 aliphatic carbocycles. The number of pyridine rings is 2. The second-order valence-corrected chi connectivity index (χ2v) is 15.4. The van der Waals surface area contributed by atoms with Gasteiger partial charge >= 0.3 is 6.09 Å². The van der Waals surface area contributed by atoms with Crippen molar-refractivity contribution in [1.29, 1.82) is 0 Å². The molecule has 0 bridgehead atoms. The second-order valence-electron chi connectivity index (χ2n) is 14.7. The first-order valence-corrected chi connectivity index (χ1v) is 18.6. The summed E-state index contributed by atoms with van der Waals surface area (Å²) in [6.07, 6.45) is 4.41. The monoisotopic (exact) mass is 772 g/mol. The first-order valence-electron chi connectivity index (χ1n) is 17.9. The molecular weight excluding hydrogens is 727 g/mol. The SMILES string of the molecule is COc1nc(-c2cccc(-c3ccnc(-c4ccc5c(CN(C)CCO)cn(C)c5c4)c3Cl)c2Cl)ccc1CN(C[C@@H]1CCC(=O)N1)C(=O)OC(C)(C)C. The van der Waals surface area contributed by atoms with Crippen LogP contribution in [-0.2, 0) is 29.7 Å². The number of nitrogens with one attached hydrogen (secondary N) is 1. The third-order valence-electron chi connectivity index (χ3n) is 9.39. The number of fused-ring (bicyclic) bond motifs is 1. The van der Waals surface area contributed by atoms with Gasteiger partial charge in [-0.25, -0.2) is 9.78 Å². The van der Waals surface area contributed by atoms with Crippen molar-refractivity contribution in [3.63, 3.8) is 0 Å². The molecular formula is C41H46Cl2N6O5. The van der Waals surface area contributed by atoms with E-state index >= 15 is 0 Å². The Hall–Kier alpha value is -4.68. The maximum atomic E-state index is 13.3. The fraction of sp³-hybridized carbons (Fsp3) is 0.366. The van der Waals surface area contributed by atoms with Crippen LogP contribution in [-0.4, -0.2) is 86.9 Å². The molecule has 2 N–H and O–H groups in total. The fourth-order valence-corrected chi connectivity index (χ4v) is 7.45. The smallest absolute Gasteiger partial charge is 0.410 e. The average molecular weight is 774 g/mol. The van der Waals surface area contributed by atoms with Gasteiger partial charge in [-0.3, -0.25) is 14.7 Å². The van der Waals surface area contributed by atoms with E-state index in [1.54, 1.807) is 11.1 Å². The summed E-state index contributed by atoms with van der Waals surface area (Å²) >= 11 is 14.3. The van der Waals surface area contributed by atoms with E-state index in [-0.39, 0.29) is 31.6 Å². The molecule has 54 heavy (non-hydrogen) atoms. The number of ether oxygens (including phenoxy) is 2. The molecule has 1 aliphatic rings. The van der Waals surface area contributed by atoms with E-state index in [1.807, 2.05) is 77.3 Å². The molecule has 11 nitrogen and oxygen atoms in total. The molecule has 284 valence electrons. The molecule has 0 saturated carbocycles. The maximum Gasteiger partial charge on any atom is 0.410 e. The minimum Gasteiger partial charge on any atom is -0.481 e. The molecule has 2 aromatic carbocycles. The molecule has 3 aromatic heterocycles. The molecule has 0 radical (unpaired) electrons. The van der Waals surface area contributed by atoms with Gasteiger partial charge in [-0.2, -0.15) is 0 Å². The molecule has 2 amide bonds. The largest absolute Gasteiger partial charge is 0.481 e. The normalized spacial score (nSPS) is 14.5. The molecule has 1 aliphatic heterocycles. The van der Waals surface area contributed by atoms with Gasteiger partial charge in [-0.15, -0.1) is 0 Å². The number of aromatic nitrogens is 3. The van der Waals surface area contributed by atoms with Crippen LogP contribution >= 0.6 is 23.2 Å². The Labute approximate surface area is 325 Å². The highest BCUT2D eigenvalue weighted by molar-refractivity contribution is 6.39. The van der Waals surface area contributed by atoms with Crippen LogP contribution in [0.1, 0.15) is 44.7 Å². The quantitative estimate of drug-likeness (QED) is 0.132. The number of amides is 2. The van der Waals surface area contributed by atoms with Gasteiger partial charge in [0.05, 0.1) is 41.7 Å². The standard InChI is InChI=1S/C41H46Cl2N6O5/c1-41(2,3)54-40(52)49(24-28-12-15-35(51)45-28)23-26-11-14-33(46-39(26)53-6)32-9-7-8-30(36(32)42)31-16-17-44-38(37(31)43)25-10-13-29-27(21-47(4)18-19-50)22-48(5)34(29)20-25/h7-11,13-14,16-17,20,22,28,50H,12,15,18-19,21,23-24H2,1-6H3,(H,45,51)/t28-/m0/s1. The summed E-state index contributed by atoms with van der Waals surface area (Å²) in [5.74, 6) is 0.305. The number of likely N-dealkylation sites (N-methyl/N-ethyl adjacent to an activating group) is 1. The molecule has 1 fully saturated rings. The van der Waals surface area contributed by atoms with Crippen LogP contribution in [0.3, 0.4) is 0 Å². The minimum absolute atomic E-state index is 0.0294. The van der Waals surface area contributed by atoms with E-state index in [9.17, 15) is 14.7 Å². The van der Waals surface area contributed by atoms with Gasteiger partial charge in [0.1, 0.15) is 5.60 Å². The van der Waals surface area contributed by atoms with Crippen molar-refractivity contribution in [2.24, 2.45) is 7.05 Å². The van der Waals surface area contributed by atoms with Crippen molar-refractivity contribution in [3.8, 4) is 39.5 Å². The highest BCUT2D eigenvalue weighted by Crippen LogP contribution is 2.42. The maximum absolute atomic E-state index is 13.3. The molecule has 0 unspecified atom stereocenters. The Bertz CT molecular complexity index is 2180. The molecule has 5 aromatic rings. The van der Waals surface area contributed by atoms with Crippen molar-refractivity contribution in [3.05, 3.63) is 88.2 Å². The van der Waals surface area contributed by atoms with Crippen LogP contribution in [0.5, 0.6) is 5.88 Å². The zero-order valence-electron chi connectivity index (χ0n) is 31.5. The number of aryl methyl sites for hydroxylation is 1. The number of rotatable bonds is 12. The number of carbonyl (C=O) groups excluding carboxylic acids is 2. The predicted molar refractivity (Wildman–Crippen MR) is 213 cm³/mol. The van der Waals surface area contributed by atoms with Crippen molar-refractivity contribution in [1.82, 2.24) is 29.7 Å². The van der Waals surface area contributed by atoms with Crippen LogP contribution < -0.4 is 10.1 Å². The minimum atomic E-state index is -0.696. The number of benzene rings is 2. The van der Waals surface area contributed by atoms with Crippen molar-refractivity contribution < 1.29 is 24.2 Å². The van der Waals surface area contributed by atoms with Crippen LogP contribution in [0, 0.1) is 0 Å². The second kappa shape index (κ2) is 16.4. The highest BCUT2D eigenvalue weighted by atomic mass is 35.5. The van der Waals surface area contributed by atoms with Gasteiger partial charge in [-0.1, -0.05) is 53.5 Å². The molecule has 0 spiro atoms. The van der Waals surface area contributed by atoms with E-state index in [0.717, 1.165) is 34.1 Å². The van der Waals surface area contributed by atoms with Crippen molar-refractivity contribution in [2.75, 3.05) is 33.9 Å². The lowest BCUT2D eigenvalue weighted by Crippen LogP contribution is -2.43. The summed E-state index contributed by atoms with van der Waals surface area (Å²) in [5, 5.41) is 14.3. The number of hydrogen-bond donors (Lipinski definition) is 2. The summed E-state index contributed by atoms with van der Waals surface area (Å²) in [7, 11) is 5.54. The van der Waals surface area contributed by atoms with Gasteiger partial charge in [0.2, 0.25) is 11.8 Å². The molecule has 4 heterocycles. The zero-order valence-corrected chi connectivity index (χ0v) is 33.0. The number of hydrogen-bond acceptors (Lipinski definition) is 8. The number of halogens is 2. The predicted octanol–water partition coefficient (Wildman–Crippen LogP) is 7.72. The molecule has 1 saturated heterocycles. The lowest BCUT2D eigenvalue weighted by Gasteiger charge is -2.29. The van der Waals surface area contributed by atoms with E-state index < -0.39 is 11.7 Å². The van der Waals surface area contributed by atoms with E-state index in [1.165, 1.54) is 12.7 Å². The van der Waals surface area contributed by atoms with Crippen LogP contribution in [0.15, 0.2) is 67.0 Å². The zero-order chi connectivity index (χ0) is 38.7. The number of aliphatic hydroxyl groups is 1. The topological polar surface area (TPSA) is 122 Å². The van der Waals surface area contributed by atoms with E-state index in [2.05, 4.69) is 38.1 Å². The van der Waals surface area contributed by atoms with Crippen LogP contribution in [0.25, 0.3) is 44.5 Å². The number of nitrogens with zero attached hydrogens (tertiary/aromatic N) is 5.